The number of hydrogen-bond donors (Lipinski definition) is 1. The van der Waals surface area contributed by atoms with Gasteiger partial charge in [-0.15, -0.1) is 0 Å². The van der Waals surface area contributed by atoms with E-state index < -0.39 is 34.3 Å². The molecule has 2 rings (SSSR count). The predicted octanol–water partition coefficient (Wildman–Crippen LogP) is 4.34. The maximum atomic E-state index is 13.6. The van der Waals surface area contributed by atoms with Crippen molar-refractivity contribution in [3.63, 3.8) is 0 Å². The second kappa shape index (κ2) is 12.0. The van der Waals surface area contributed by atoms with E-state index in [1.165, 1.54) is 11.0 Å². The van der Waals surface area contributed by atoms with Gasteiger partial charge in [-0.2, -0.15) is 0 Å². The molecular weight excluding hydrogens is 549 g/mol. The Bertz CT molecular complexity index is 1150. The van der Waals surface area contributed by atoms with Crippen LogP contribution in [0.4, 0.5) is 10.1 Å². The van der Waals surface area contributed by atoms with E-state index in [4.69, 9.17) is 11.6 Å². The first-order chi connectivity index (χ1) is 15.8. The summed E-state index contributed by atoms with van der Waals surface area (Å²) in [6, 6.07) is 9.68. The first-order valence-corrected chi connectivity index (χ1v) is 13.6. The van der Waals surface area contributed by atoms with Gasteiger partial charge in [0.15, 0.2) is 0 Å². The van der Waals surface area contributed by atoms with Crippen LogP contribution in [0.1, 0.15) is 32.8 Å². The third kappa shape index (κ3) is 7.68. The lowest BCUT2D eigenvalue weighted by Crippen LogP contribution is -2.52. The van der Waals surface area contributed by atoms with Crippen molar-refractivity contribution in [2.75, 3.05) is 17.1 Å². The molecule has 0 radical (unpaired) electrons. The molecule has 2 amide bonds. The van der Waals surface area contributed by atoms with Crippen molar-refractivity contribution in [3.05, 3.63) is 63.3 Å². The lowest BCUT2D eigenvalue weighted by Gasteiger charge is -2.32. The average molecular weight is 577 g/mol. The Balaban J connectivity index is 2.41. The molecule has 2 aromatic carbocycles. The molecule has 186 valence electrons. The molecule has 2 atom stereocenters. The highest BCUT2D eigenvalue weighted by Gasteiger charge is 2.30. The van der Waals surface area contributed by atoms with Gasteiger partial charge in [-0.05, 0) is 56.2 Å². The van der Waals surface area contributed by atoms with Crippen LogP contribution >= 0.6 is 27.5 Å². The molecule has 34 heavy (non-hydrogen) atoms. The van der Waals surface area contributed by atoms with Gasteiger partial charge in [0.05, 0.1) is 17.0 Å². The normalized spacial score (nSPS) is 13.1. The molecule has 0 aliphatic rings. The summed E-state index contributed by atoms with van der Waals surface area (Å²) in [6.07, 6.45) is 1.65. The zero-order chi connectivity index (χ0) is 25.6. The minimum Gasteiger partial charge on any atom is -0.352 e. The minimum absolute atomic E-state index is 0.0429. The summed E-state index contributed by atoms with van der Waals surface area (Å²) in [7, 11) is -3.93. The van der Waals surface area contributed by atoms with E-state index in [-0.39, 0.29) is 29.2 Å². The molecule has 11 heteroatoms. The zero-order valence-corrected chi connectivity index (χ0v) is 22.5. The number of halogens is 3. The van der Waals surface area contributed by atoms with Gasteiger partial charge in [-0.1, -0.05) is 46.6 Å². The largest absolute Gasteiger partial charge is 0.352 e. The van der Waals surface area contributed by atoms with Crippen molar-refractivity contribution in [2.24, 2.45) is 0 Å². The number of amides is 2. The van der Waals surface area contributed by atoms with Crippen molar-refractivity contribution >= 4 is 55.1 Å². The summed E-state index contributed by atoms with van der Waals surface area (Å²) in [6.45, 7) is 4.87. The number of anilines is 1. The van der Waals surface area contributed by atoms with Crippen LogP contribution in [0.25, 0.3) is 0 Å². The van der Waals surface area contributed by atoms with Crippen LogP contribution in [0.2, 0.25) is 5.02 Å². The lowest BCUT2D eigenvalue weighted by molar-refractivity contribution is -0.139. The van der Waals surface area contributed by atoms with Crippen molar-refractivity contribution in [2.45, 2.75) is 45.8 Å². The second-order valence-electron chi connectivity index (χ2n) is 8.01. The monoisotopic (exact) mass is 575 g/mol. The first-order valence-electron chi connectivity index (χ1n) is 10.6. The highest BCUT2D eigenvalue weighted by Crippen LogP contribution is 2.25. The third-order valence-electron chi connectivity index (χ3n) is 5.28. The molecule has 0 saturated carbocycles. The van der Waals surface area contributed by atoms with Crippen LogP contribution in [-0.2, 0) is 26.2 Å². The quantitative estimate of drug-likeness (QED) is 0.456. The van der Waals surface area contributed by atoms with E-state index in [0.29, 0.717) is 6.42 Å². The van der Waals surface area contributed by atoms with Gasteiger partial charge in [0, 0.05) is 17.1 Å². The number of rotatable bonds is 10. The third-order valence-corrected chi connectivity index (χ3v) is 7.20. The van der Waals surface area contributed by atoms with Gasteiger partial charge in [0.2, 0.25) is 21.8 Å². The molecule has 0 aliphatic carbocycles. The smallest absolute Gasteiger partial charge is 0.244 e. The van der Waals surface area contributed by atoms with Crippen LogP contribution in [0.5, 0.6) is 0 Å². The van der Waals surface area contributed by atoms with E-state index >= 15 is 0 Å². The second-order valence-corrected chi connectivity index (χ2v) is 11.2. The number of sulfonamides is 1. The zero-order valence-electron chi connectivity index (χ0n) is 19.4. The summed E-state index contributed by atoms with van der Waals surface area (Å²) in [5, 5.41) is 2.59. The maximum Gasteiger partial charge on any atom is 0.244 e. The summed E-state index contributed by atoms with van der Waals surface area (Å²) in [5.74, 6) is -1.66. The van der Waals surface area contributed by atoms with E-state index in [1.807, 2.05) is 26.0 Å². The minimum atomic E-state index is -3.93. The maximum absolute atomic E-state index is 13.6. The van der Waals surface area contributed by atoms with Gasteiger partial charge in [-0.25, -0.2) is 12.8 Å². The molecule has 2 unspecified atom stereocenters. The Morgan fingerprint density at radius 1 is 1.18 bits per heavy atom. The topological polar surface area (TPSA) is 86.8 Å². The highest BCUT2D eigenvalue weighted by atomic mass is 79.9. The van der Waals surface area contributed by atoms with Crippen LogP contribution in [0, 0.1) is 5.82 Å². The van der Waals surface area contributed by atoms with Gasteiger partial charge < -0.3 is 10.2 Å². The lowest BCUT2D eigenvalue weighted by atomic mass is 10.1. The Kier molecular flexibility index (Phi) is 9.90. The fraction of sp³-hybridized carbons (Fsp3) is 0.391. The number of carbonyl (C=O) groups excluding carboxylic acids is 2. The predicted molar refractivity (Wildman–Crippen MR) is 136 cm³/mol. The van der Waals surface area contributed by atoms with E-state index in [2.05, 4.69) is 21.2 Å². The molecule has 7 nitrogen and oxygen atoms in total. The van der Waals surface area contributed by atoms with Gasteiger partial charge in [0.25, 0.3) is 0 Å². The molecule has 0 spiro atoms. The standard InChI is InChI=1S/C23H28BrClFN3O4S/c1-5-15(2)27-23(31)16(3)28(13-17-7-6-8-18(24)11-17)22(30)14-29(34(4,32)33)19-9-10-21(26)20(25)12-19/h6-12,15-16H,5,13-14H2,1-4H3,(H,27,31). The average Bonchev–Trinajstić information content (AvgIpc) is 2.76. The van der Waals surface area contributed by atoms with Crippen LogP contribution in [0.3, 0.4) is 0 Å². The number of carbonyl (C=O) groups is 2. The Morgan fingerprint density at radius 3 is 2.41 bits per heavy atom. The van der Waals surface area contributed by atoms with Gasteiger partial charge >= 0.3 is 0 Å². The SMILES string of the molecule is CCC(C)NC(=O)C(C)N(Cc1cccc(Br)c1)C(=O)CN(c1ccc(F)c(Cl)c1)S(C)(=O)=O. The highest BCUT2D eigenvalue weighted by molar-refractivity contribution is 9.10. The van der Waals surface area contributed by atoms with E-state index in [0.717, 1.165) is 32.7 Å². The fourth-order valence-corrected chi connectivity index (χ4v) is 4.60. The van der Waals surface area contributed by atoms with Crippen molar-refractivity contribution in [1.29, 1.82) is 0 Å². The Hall–Kier alpha value is -2.17. The van der Waals surface area contributed by atoms with Crippen LogP contribution in [0.15, 0.2) is 46.9 Å². The molecule has 0 fully saturated rings. The van der Waals surface area contributed by atoms with Crippen molar-refractivity contribution in [1.82, 2.24) is 10.2 Å². The van der Waals surface area contributed by atoms with Gasteiger partial charge in [-0.3, -0.25) is 13.9 Å². The van der Waals surface area contributed by atoms with Crippen LogP contribution in [-0.4, -0.2) is 50.0 Å². The van der Waals surface area contributed by atoms with E-state index in [1.54, 1.807) is 19.1 Å². The number of benzene rings is 2. The molecule has 0 aliphatic heterocycles. The van der Waals surface area contributed by atoms with Crippen molar-refractivity contribution in [3.8, 4) is 0 Å². The molecular formula is C23H28BrClFN3O4S. The molecule has 2 aromatic rings. The first kappa shape index (κ1) is 28.1. The van der Waals surface area contributed by atoms with Gasteiger partial charge in [0.1, 0.15) is 18.4 Å². The summed E-state index contributed by atoms with van der Waals surface area (Å²) >= 11 is 9.23. The Morgan fingerprint density at radius 2 is 1.85 bits per heavy atom. The van der Waals surface area contributed by atoms with Crippen LogP contribution < -0.4 is 9.62 Å². The molecule has 0 bridgehead atoms. The number of nitrogens with zero attached hydrogens (tertiary/aromatic N) is 2. The number of hydrogen-bond acceptors (Lipinski definition) is 4. The van der Waals surface area contributed by atoms with E-state index in [9.17, 15) is 22.4 Å². The summed E-state index contributed by atoms with van der Waals surface area (Å²) < 4.78 is 40.3. The fourth-order valence-electron chi connectivity index (χ4n) is 3.13. The molecule has 0 saturated heterocycles. The Labute approximate surface area is 213 Å². The summed E-state index contributed by atoms with van der Waals surface area (Å²) in [4.78, 5) is 27.6. The number of nitrogens with one attached hydrogen (secondary N) is 1. The molecule has 0 heterocycles. The van der Waals surface area contributed by atoms with Crippen molar-refractivity contribution < 1.29 is 22.4 Å². The molecule has 1 N–H and O–H groups in total. The summed E-state index contributed by atoms with van der Waals surface area (Å²) in [5.41, 5.74) is 0.794. The molecule has 0 aromatic heterocycles.